The highest BCUT2D eigenvalue weighted by atomic mass is 32.2. The van der Waals surface area contributed by atoms with Gasteiger partial charge in [0.1, 0.15) is 0 Å². The van der Waals surface area contributed by atoms with Crippen LogP contribution in [0.2, 0.25) is 0 Å². The second-order valence-electron chi connectivity index (χ2n) is 6.11. The summed E-state index contributed by atoms with van der Waals surface area (Å²) in [5, 5.41) is 0. The molecule has 23 heavy (non-hydrogen) atoms. The molecule has 0 N–H and O–H groups in total. The quantitative estimate of drug-likeness (QED) is 0.870. The van der Waals surface area contributed by atoms with Crippen LogP contribution in [0.25, 0.3) is 0 Å². The summed E-state index contributed by atoms with van der Waals surface area (Å²) in [5.41, 5.74) is 4.43. The van der Waals surface area contributed by atoms with Crippen LogP contribution < -0.4 is 4.90 Å². The molecule has 2 aromatic carbocycles. The number of hydrogen-bond donors (Lipinski definition) is 0. The highest BCUT2D eigenvalue weighted by Crippen LogP contribution is 2.30. The van der Waals surface area contributed by atoms with E-state index in [2.05, 4.69) is 12.1 Å². The van der Waals surface area contributed by atoms with Crippen LogP contribution in [0.1, 0.15) is 27.0 Å². The number of nitrogens with zero attached hydrogens (tertiary/aromatic N) is 1. The predicted octanol–water partition coefficient (Wildman–Crippen LogP) is 2.74. The molecule has 0 saturated carbocycles. The molecule has 5 heteroatoms. The van der Waals surface area contributed by atoms with Crippen molar-refractivity contribution in [3.63, 3.8) is 0 Å². The van der Waals surface area contributed by atoms with E-state index < -0.39 is 9.84 Å². The zero-order valence-electron chi connectivity index (χ0n) is 13.2. The van der Waals surface area contributed by atoms with Crippen molar-refractivity contribution in [2.24, 2.45) is 0 Å². The molecule has 1 aliphatic rings. The van der Waals surface area contributed by atoms with Gasteiger partial charge in [-0.3, -0.25) is 4.79 Å². The Morgan fingerprint density at radius 3 is 2.70 bits per heavy atom. The molecule has 0 saturated heterocycles. The molecule has 4 nitrogen and oxygen atoms in total. The molecule has 0 aromatic heterocycles. The summed E-state index contributed by atoms with van der Waals surface area (Å²) in [6, 6.07) is 13.0. The van der Waals surface area contributed by atoms with Crippen LogP contribution in [0, 0.1) is 6.92 Å². The number of sulfone groups is 1. The molecule has 0 fully saturated rings. The smallest absolute Gasteiger partial charge is 0.258 e. The maximum absolute atomic E-state index is 12.8. The Balaban J connectivity index is 1.91. The van der Waals surface area contributed by atoms with Crippen molar-refractivity contribution in [2.45, 2.75) is 19.1 Å². The number of aryl methyl sites for hydroxylation is 1. The van der Waals surface area contributed by atoms with E-state index in [0.717, 1.165) is 17.7 Å². The molecule has 0 bridgehead atoms. The number of carbonyl (C=O) groups excluding carboxylic acids is 1. The zero-order chi connectivity index (χ0) is 16.6. The summed E-state index contributed by atoms with van der Waals surface area (Å²) in [6.45, 7) is 2.67. The van der Waals surface area contributed by atoms with Gasteiger partial charge in [-0.25, -0.2) is 8.42 Å². The van der Waals surface area contributed by atoms with E-state index in [1.54, 1.807) is 29.2 Å². The van der Waals surface area contributed by atoms with E-state index in [1.807, 2.05) is 13.0 Å². The molecule has 120 valence electrons. The van der Waals surface area contributed by atoms with Crippen molar-refractivity contribution < 1.29 is 13.2 Å². The predicted molar refractivity (Wildman–Crippen MR) is 91.5 cm³/mol. The topological polar surface area (TPSA) is 54.5 Å². The number of carbonyl (C=O) groups is 1. The molecule has 3 rings (SSSR count). The molecular formula is C18H19NO3S. The van der Waals surface area contributed by atoms with Gasteiger partial charge in [-0.1, -0.05) is 24.3 Å². The van der Waals surface area contributed by atoms with Gasteiger partial charge in [-0.2, -0.15) is 0 Å². The van der Waals surface area contributed by atoms with Crippen molar-refractivity contribution in [1.29, 1.82) is 0 Å². The Hall–Kier alpha value is -2.14. The maximum Gasteiger partial charge on any atom is 0.258 e. The average molecular weight is 329 g/mol. The van der Waals surface area contributed by atoms with Gasteiger partial charge in [-0.15, -0.1) is 0 Å². The molecular weight excluding hydrogens is 310 g/mol. The lowest BCUT2D eigenvalue weighted by atomic mass is 10.1. The first-order valence-electron chi connectivity index (χ1n) is 7.51. The molecule has 0 atom stereocenters. The Morgan fingerprint density at radius 1 is 1.17 bits per heavy atom. The molecule has 0 unspecified atom stereocenters. The third-order valence-corrected chi connectivity index (χ3v) is 4.84. The summed E-state index contributed by atoms with van der Waals surface area (Å²) in [6.07, 6.45) is 2.05. The fraction of sp³-hybridized carbons (Fsp3) is 0.278. The van der Waals surface area contributed by atoms with Crippen LogP contribution in [0.4, 0.5) is 5.69 Å². The number of anilines is 1. The average Bonchev–Trinajstić information content (AvgIpc) is 2.88. The van der Waals surface area contributed by atoms with Crippen LogP contribution >= 0.6 is 0 Å². The first-order chi connectivity index (χ1) is 10.8. The van der Waals surface area contributed by atoms with Gasteiger partial charge in [0.25, 0.3) is 5.91 Å². The summed E-state index contributed by atoms with van der Waals surface area (Å²) < 4.78 is 22.9. The molecule has 0 aliphatic carbocycles. The van der Waals surface area contributed by atoms with E-state index in [4.69, 9.17) is 0 Å². The summed E-state index contributed by atoms with van der Waals surface area (Å²) in [4.78, 5) is 14.6. The van der Waals surface area contributed by atoms with Gasteiger partial charge in [-0.05, 0) is 48.2 Å². The summed E-state index contributed by atoms with van der Waals surface area (Å²) in [5.74, 6) is -0.131. The Bertz CT molecular complexity index is 872. The highest BCUT2D eigenvalue weighted by Gasteiger charge is 2.25. The van der Waals surface area contributed by atoms with Gasteiger partial charge in [0.2, 0.25) is 0 Å². The van der Waals surface area contributed by atoms with Crippen molar-refractivity contribution in [1.82, 2.24) is 0 Å². The summed E-state index contributed by atoms with van der Waals surface area (Å²) >= 11 is 0. The SMILES string of the molecule is Cc1ccc2c(c1)N(C(=O)c1cccc(CS(C)(=O)=O)c1)CC2. The van der Waals surface area contributed by atoms with E-state index in [-0.39, 0.29) is 11.7 Å². The van der Waals surface area contributed by atoms with E-state index in [1.165, 1.54) is 11.8 Å². The highest BCUT2D eigenvalue weighted by molar-refractivity contribution is 7.89. The number of benzene rings is 2. The van der Waals surface area contributed by atoms with Crippen molar-refractivity contribution >= 4 is 21.4 Å². The van der Waals surface area contributed by atoms with Gasteiger partial charge in [0.05, 0.1) is 5.75 Å². The van der Waals surface area contributed by atoms with Gasteiger partial charge >= 0.3 is 0 Å². The van der Waals surface area contributed by atoms with Crippen LogP contribution in [-0.2, 0) is 22.0 Å². The Morgan fingerprint density at radius 2 is 1.96 bits per heavy atom. The second-order valence-corrected chi connectivity index (χ2v) is 8.25. The fourth-order valence-corrected chi connectivity index (χ4v) is 3.74. The number of fused-ring (bicyclic) bond motifs is 1. The minimum Gasteiger partial charge on any atom is -0.308 e. The normalized spacial score (nSPS) is 13.9. The van der Waals surface area contributed by atoms with Crippen molar-refractivity contribution in [2.75, 3.05) is 17.7 Å². The summed E-state index contributed by atoms with van der Waals surface area (Å²) in [7, 11) is -3.12. The Kier molecular flexibility index (Phi) is 3.98. The second kappa shape index (κ2) is 5.81. The number of rotatable bonds is 3. The molecule has 0 radical (unpaired) electrons. The molecule has 1 heterocycles. The molecule has 1 aliphatic heterocycles. The van der Waals surface area contributed by atoms with E-state index in [9.17, 15) is 13.2 Å². The fourth-order valence-electron chi connectivity index (χ4n) is 2.95. The van der Waals surface area contributed by atoms with Crippen LogP contribution in [0.15, 0.2) is 42.5 Å². The maximum atomic E-state index is 12.8. The minimum atomic E-state index is -3.12. The van der Waals surface area contributed by atoms with Gasteiger partial charge in [0.15, 0.2) is 9.84 Å². The first kappa shape index (κ1) is 15.7. The lowest BCUT2D eigenvalue weighted by Gasteiger charge is -2.18. The van der Waals surface area contributed by atoms with Crippen LogP contribution in [-0.4, -0.2) is 27.1 Å². The van der Waals surface area contributed by atoms with E-state index in [0.29, 0.717) is 17.7 Å². The van der Waals surface area contributed by atoms with Crippen LogP contribution in [0.5, 0.6) is 0 Å². The molecule has 0 spiro atoms. The van der Waals surface area contributed by atoms with Gasteiger partial charge in [0, 0.05) is 24.1 Å². The number of amides is 1. The van der Waals surface area contributed by atoms with E-state index >= 15 is 0 Å². The van der Waals surface area contributed by atoms with Gasteiger partial charge < -0.3 is 4.90 Å². The lowest BCUT2D eigenvalue weighted by molar-refractivity contribution is 0.0989. The Labute approximate surface area is 136 Å². The van der Waals surface area contributed by atoms with Crippen molar-refractivity contribution in [3.8, 4) is 0 Å². The largest absolute Gasteiger partial charge is 0.308 e. The number of hydrogen-bond acceptors (Lipinski definition) is 3. The zero-order valence-corrected chi connectivity index (χ0v) is 14.1. The molecule has 2 aromatic rings. The third kappa shape index (κ3) is 3.45. The standard InChI is InChI=1S/C18H19NO3S/c1-13-6-7-15-8-9-19(17(15)10-13)18(20)16-5-3-4-14(11-16)12-23(2,21)22/h3-7,10-11H,8-9,12H2,1-2H3. The lowest BCUT2D eigenvalue weighted by Crippen LogP contribution is -2.29. The first-order valence-corrected chi connectivity index (χ1v) is 9.57. The van der Waals surface area contributed by atoms with Crippen LogP contribution in [0.3, 0.4) is 0 Å². The third-order valence-electron chi connectivity index (χ3n) is 3.98. The minimum absolute atomic E-state index is 0.0518. The molecule has 1 amide bonds. The monoisotopic (exact) mass is 329 g/mol. The van der Waals surface area contributed by atoms with Crippen molar-refractivity contribution in [3.05, 3.63) is 64.7 Å².